The van der Waals surface area contributed by atoms with Crippen molar-refractivity contribution in [3.8, 4) is 0 Å². The minimum Gasteiger partial charge on any atom is -0.369 e. The van der Waals surface area contributed by atoms with E-state index < -0.39 is 23.3 Å². The molecule has 1 aromatic carbocycles. The number of halogens is 4. The summed E-state index contributed by atoms with van der Waals surface area (Å²) in [5.41, 5.74) is 4.16. The van der Waals surface area contributed by atoms with Crippen LogP contribution in [0.15, 0.2) is 23.2 Å². The van der Waals surface area contributed by atoms with E-state index in [4.69, 9.17) is 17.3 Å². The summed E-state index contributed by atoms with van der Waals surface area (Å²) in [5.74, 6) is -0.289. The number of hydrogen-bond acceptors (Lipinski definition) is 2. The van der Waals surface area contributed by atoms with E-state index in [9.17, 15) is 18.0 Å². The lowest BCUT2D eigenvalue weighted by Crippen LogP contribution is -2.50. The Kier molecular flexibility index (Phi) is 5.29. The van der Waals surface area contributed by atoms with Gasteiger partial charge in [0.1, 0.15) is 0 Å². The monoisotopic (exact) mass is 336 g/mol. The summed E-state index contributed by atoms with van der Waals surface area (Å²) in [4.78, 5) is 15.3. The molecule has 0 aliphatic carbocycles. The van der Waals surface area contributed by atoms with Crippen LogP contribution in [0.3, 0.4) is 0 Å². The molecule has 2 amide bonds. The van der Waals surface area contributed by atoms with Gasteiger partial charge < -0.3 is 11.1 Å². The number of guanidine groups is 1. The van der Waals surface area contributed by atoms with Crippen LogP contribution in [0.2, 0.25) is 5.02 Å². The van der Waals surface area contributed by atoms with Crippen molar-refractivity contribution < 1.29 is 18.0 Å². The molecule has 1 aromatic rings. The highest BCUT2D eigenvalue weighted by Crippen LogP contribution is 2.34. The van der Waals surface area contributed by atoms with Gasteiger partial charge in [-0.25, -0.2) is 9.79 Å². The normalized spacial score (nSPS) is 13.0. The van der Waals surface area contributed by atoms with Crippen molar-refractivity contribution >= 4 is 29.3 Å². The summed E-state index contributed by atoms with van der Waals surface area (Å²) >= 11 is 5.73. The summed E-state index contributed by atoms with van der Waals surface area (Å²) in [5, 5.41) is 4.61. The lowest BCUT2D eigenvalue weighted by molar-refractivity contribution is -0.137. The fourth-order valence-electron chi connectivity index (χ4n) is 1.42. The molecule has 0 unspecified atom stereocenters. The molecule has 0 aromatic heterocycles. The first-order valence-corrected chi connectivity index (χ1v) is 6.56. The summed E-state index contributed by atoms with van der Waals surface area (Å²) in [6.45, 7) is 5.31. The second kappa shape index (κ2) is 6.43. The molecule has 4 N–H and O–H groups in total. The Hall–Kier alpha value is -1.96. The highest BCUT2D eigenvalue weighted by Gasteiger charge is 2.30. The zero-order chi connectivity index (χ0) is 17.1. The number of alkyl halides is 3. The fraction of sp³-hybridized carbons (Fsp3) is 0.385. The number of aliphatic imine (C=N–C) groups is 1. The topological polar surface area (TPSA) is 79.5 Å². The molecule has 22 heavy (non-hydrogen) atoms. The zero-order valence-electron chi connectivity index (χ0n) is 12.2. The SMILES string of the molecule is CC(C)(C)NC(=O)NC(N)=Nc1ccc(C(F)(F)F)cc1Cl. The molecule has 1 rings (SSSR count). The van der Waals surface area contributed by atoms with E-state index in [1.165, 1.54) is 0 Å². The van der Waals surface area contributed by atoms with Gasteiger partial charge in [-0.1, -0.05) is 11.6 Å². The number of urea groups is 1. The van der Waals surface area contributed by atoms with E-state index >= 15 is 0 Å². The number of hydrogen-bond donors (Lipinski definition) is 3. The third-order valence-electron chi connectivity index (χ3n) is 2.25. The highest BCUT2D eigenvalue weighted by atomic mass is 35.5. The third-order valence-corrected chi connectivity index (χ3v) is 2.55. The Balaban J connectivity index is 2.87. The van der Waals surface area contributed by atoms with Gasteiger partial charge in [-0.3, -0.25) is 5.32 Å². The van der Waals surface area contributed by atoms with E-state index in [1.807, 2.05) is 0 Å². The Labute approximate surface area is 130 Å². The number of nitrogens with two attached hydrogens (primary N) is 1. The summed E-state index contributed by atoms with van der Waals surface area (Å²) in [7, 11) is 0. The number of benzene rings is 1. The maximum Gasteiger partial charge on any atom is 0.416 e. The van der Waals surface area contributed by atoms with Gasteiger partial charge in [0, 0.05) is 5.54 Å². The van der Waals surface area contributed by atoms with E-state index in [-0.39, 0.29) is 16.7 Å². The first kappa shape index (κ1) is 18.1. The van der Waals surface area contributed by atoms with Crippen molar-refractivity contribution in [1.82, 2.24) is 10.6 Å². The van der Waals surface area contributed by atoms with Gasteiger partial charge in [-0.15, -0.1) is 0 Å². The molecule has 0 heterocycles. The lowest BCUT2D eigenvalue weighted by Gasteiger charge is -2.20. The second-order valence-corrected chi connectivity index (χ2v) is 5.90. The summed E-state index contributed by atoms with van der Waals surface area (Å²) in [6.07, 6.45) is -4.50. The van der Waals surface area contributed by atoms with E-state index in [1.54, 1.807) is 20.8 Å². The molecule has 9 heteroatoms. The largest absolute Gasteiger partial charge is 0.416 e. The van der Waals surface area contributed by atoms with Gasteiger partial charge in [0.25, 0.3) is 0 Å². The molecule has 0 saturated carbocycles. The fourth-order valence-corrected chi connectivity index (χ4v) is 1.64. The highest BCUT2D eigenvalue weighted by molar-refractivity contribution is 6.33. The quantitative estimate of drug-likeness (QED) is 0.543. The summed E-state index contributed by atoms with van der Waals surface area (Å²) in [6, 6.07) is 2.05. The Bertz CT molecular complexity index is 594. The van der Waals surface area contributed by atoms with Crippen LogP contribution in [-0.2, 0) is 6.18 Å². The van der Waals surface area contributed by atoms with Crippen LogP contribution in [0.1, 0.15) is 26.3 Å². The standard InChI is InChI=1S/C13H16ClF3N4O/c1-12(2,3)21-11(22)20-10(18)19-9-5-4-7(6-8(9)14)13(15,16)17/h4-6H,1-3H3,(H4,18,19,20,21,22). The number of nitrogens with zero attached hydrogens (tertiary/aromatic N) is 1. The molecule has 0 spiro atoms. The van der Waals surface area contributed by atoms with Gasteiger partial charge in [-0.05, 0) is 39.0 Å². The number of amides is 2. The molecule has 122 valence electrons. The van der Waals surface area contributed by atoms with Crippen molar-refractivity contribution in [3.63, 3.8) is 0 Å². The number of carbonyl (C=O) groups excluding carboxylic acids is 1. The van der Waals surface area contributed by atoms with Crippen LogP contribution in [0, 0.1) is 0 Å². The van der Waals surface area contributed by atoms with E-state index in [0.29, 0.717) is 0 Å². The van der Waals surface area contributed by atoms with E-state index in [0.717, 1.165) is 18.2 Å². The first-order chi connectivity index (χ1) is 9.88. The van der Waals surface area contributed by atoms with Crippen molar-refractivity contribution in [1.29, 1.82) is 0 Å². The first-order valence-electron chi connectivity index (χ1n) is 6.18. The van der Waals surface area contributed by atoms with Crippen LogP contribution < -0.4 is 16.4 Å². The van der Waals surface area contributed by atoms with Crippen LogP contribution in [0.25, 0.3) is 0 Å². The van der Waals surface area contributed by atoms with Crippen LogP contribution in [-0.4, -0.2) is 17.5 Å². The molecule has 0 radical (unpaired) electrons. The Morgan fingerprint density at radius 2 is 1.86 bits per heavy atom. The molecule has 0 atom stereocenters. The van der Waals surface area contributed by atoms with Gasteiger partial charge in [-0.2, -0.15) is 13.2 Å². The number of nitrogens with one attached hydrogen (secondary N) is 2. The summed E-state index contributed by atoms with van der Waals surface area (Å²) < 4.78 is 37.5. The molecular weight excluding hydrogens is 321 g/mol. The minimum absolute atomic E-state index is 0.0169. The zero-order valence-corrected chi connectivity index (χ0v) is 12.9. The maximum absolute atomic E-state index is 12.5. The van der Waals surface area contributed by atoms with Crippen molar-refractivity contribution in [3.05, 3.63) is 28.8 Å². The molecule has 0 aliphatic heterocycles. The lowest BCUT2D eigenvalue weighted by atomic mass is 10.1. The van der Waals surface area contributed by atoms with Gasteiger partial charge in [0.2, 0.25) is 5.96 Å². The van der Waals surface area contributed by atoms with Crippen molar-refractivity contribution in [2.45, 2.75) is 32.5 Å². The van der Waals surface area contributed by atoms with Crippen LogP contribution >= 0.6 is 11.6 Å². The molecule has 0 bridgehead atoms. The number of carbonyl (C=O) groups is 1. The maximum atomic E-state index is 12.5. The molecule has 0 aliphatic rings. The third kappa shape index (κ3) is 5.80. The van der Waals surface area contributed by atoms with Crippen LogP contribution in [0.5, 0.6) is 0 Å². The molecule has 0 fully saturated rings. The van der Waals surface area contributed by atoms with E-state index in [2.05, 4.69) is 15.6 Å². The average molecular weight is 337 g/mol. The number of rotatable bonds is 1. The Morgan fingerprint density at radius 3 is 2.32 bits per heavy atom. The predicted octanol–water partition coefficient (Wildman–Crippen LogP) is 3.40. The van der Waals surface area contributed by atoms with Crippen molar-refractivity contribution in [2.75, 3.05) is 0 Å². The molecule has 5 nitrogen and oxygen atoms in total. The van der Waals surface area contributed by atoms with Gasteiger partial charge in [0.05, 0.1) is 16.3 Å². The predicted molar refractivity (Wildman–Crippen MR) is 79.2 cm³/mol. The average Bonchev–Trinajstić information content (AvgIpc) is 2.27. The molecule has 0 saturated heterocycles. The van der Waals surface area contributed by atoms with Crippen molar-refractivity contribution in [2.24, 2.45) is 10.7 Å². The van der Waals surface area contributed by atoms with Crippen LogP contribution in [0.4, 0.5) is 23.7 Å². The van der Waals surface area contributed by atoms with Gasteiger partial charge >= 0.3 is 12.2 Å². The smallest absolute Gasteiger partial charge is 0.369 e. The Morgan fingerprint density at radius 1 is 1.27 bits per heavy atom. The molecular formula is C13H16ClF3N4O. The van der Waals surface area contributed by atoms with Gasteiger partial charge in [0.15, 0.2) is 0 Å². The second-order valence-electron chi connectivity index (χ2n) is 5.49. The minimum atomic E-state index is -4.50.